The second kappa shape index (κ2) is 7.56. The third-order valence-electron chi connectivity index (χ3n) is 3.93. The molecule has 2 heterocycles. The number of nitrogens with two attached hydrogens (primary N) is 1. The summed E-state index contributed by atoms with van der Waals surface area (Å²) in [5.74, 6) is 0.818. The minimum Gasteiger partial charge on any atom is -0.329 e. The van der Waals surface area contributed by atoms with E-state index in [2.05, 4.69) is 45.9 Å². The molecule has 3 nitrogen and oxygen atoms in total. The number of likely N-dealkylation sites (tertiary alicyclic amines) is 1. The lowest BCUT2D eigenvalue weighted by Gasteiger charge is -2.37. The van der Waals surface area contributed by atoms with Crippen molar-refractivity contribution in [2.24, 2.45) is 11.7 Å². The molecule has 114 valence electrons. The lowest BCUT2D eigenvalue weighted by molar-refractivity contribution is 0.124. The van der Waals surface area contributed by atoms with Gasteiger partial charge in [-0.3, -0.25) is 4.90 Å². The fourth-order valence-electron chi connectivity index (χ4n) is 2.94. The van der Waals surface area contributed by atoms with Crippen LogP contribution in [0.25, 0.3) is 0 Å². The van der Waals surface area contributed by atoms with Gasteiger partial charge in [-0.2, -0.15) is 0 Å². The molecular formula is C14H23BrClN3S. The third-order valence-corrected chi connectivity index (χ3v) is 6.51. The number of hydrogen-bond acceptors (Lipinski definition) is 4. The molecule has 0 aliphatic carbocycles. The number of halogens is 2. The normalized spacial score (nSPS) is 19.7. The van der Waals surface area contributed by atoms with Crippen molar-refractivity contribution < 1.29 is 0 Å². The Balaban J connectivity index is 1.96. The Hall–Kier alpha value is 0.350. The van der Waals surface area contributed by atoms with Crippen LogP contribution < -0.4 is 5.73 Å². The molecule has 2 rings (SSSR count). The highest BCUT2D eigenvalue weighted by Crippen LogP contribution is 2.37. The number of hydrogen-bond donors (Lipinski definition) is 1. The van der Waals surface area contributed by atoms with Gasteiger partial charge < -0.3 is 10.6 Å². The first-order valence-corrected chi connectivity index (χ1v) is 9.03. The predicted molar refractivity (Wildman–Crippen MR) is 91.7 cm³/mol. The minimum atomic E-state index is 0.309. The molecule has 20 heavy (non-hydrogen) atoms. The van der Waals surface area contributed by atoms with E-state index in [4.69, 9.17) is 17.3 Å². The van der Waals surface area contributed by atoms with E-state index in [1.807, 2.05) is 0 Å². The predicted octanol–water partition coefficient (Wildman–Crippen LogP) is 3.44. The molecule has 1 fully saturated rings. The molecule has 1 atom stereocenters. The lowest BCUT2D eigenvalue weighted by atomic mass is 9.95. The highest BCUT2D eigenvalue weighted by atomic mass is 79.9. The number of rotatable bonds is 5. The van der Waals surface area contributed by atoms with Crippen molar-refractivity contribution in [1.82, 2.24) is 9.80 Å². The zero-order valence-corrected chi connectivity index (χ0v) is 15.3. The quantitative estimate of drug-likeness (QED) is 0.849. The van der Waals surface area contributed by atoms with Crippen LogP contribution in [0.4, 0.5) is 0 Å². The van der Waals surface area contributed by atoms with Crippen LogP contribution in [0.2, 0.25) is 4.34 Å². The van der Waals surface area contributed by atoms with Gasteiger partial charge in [0.05, 0.1) is 6.04 Å². The molecule has 0 amide bonds. The van der Waals surface area contributed by atoms with E-state index in [1.54, 1.807) is 11.3 Å². The van der Waals surface area contributed by atoms with Crippen molar-refractivity contribution in [3.63, 3.8) is 0 Å². The minimum absolute atomic E-state index is 0.309. The second-order valence-electron chi connectivity index (χ2n) is 5.76. The van der Waals surface area contributed by atoms with Gasteiger partial charge in [0, 0.05) is 22.4 Å². The first-order valence-electron chi connectivity index (χ1n) is 7.04. The van der Waals surface area contributed by atoms with E-state index in [0.29, 0.717) is 12.6 Å². The number of piperidine rings is 1. The summed E-state index contributed by atoms with van der Waals surface area (Å²) in [6.45, 7) is 4.11. The fraction of sp³-hybridized carbons (Fsp3) is 0.714. The zero-order valence-electron chi connectivity index (χ0n) is 12.1. The van der Waals surface area contributed by atoms with Gasteiger partial charge >= 0.3 is 0 Å². The van der Waals surface area contributed by atoms with E-state index in [1.165, 1.54) is 24.3 Å². The summed E-state index contributed by atoms with van der Waals surface area (Å²) in [7, 11) is 4.31. The van der Waals surface area contributed by atoms with Crippen molar-refractivity contribution in [2.75, 3.05) is 40.3 Å². The maximum Gasteiger partial charge on any atom is 0.107 e. The first kappa shape index (κ1) is 16.7. The van der Waals surface area contributed by atoms with E-state index in [-0.39, 0.29) is 0 Å². The molecule has 1 aliphatic heterocycles. The molecular weight excluding hydrogens is 358 g/mol. The molecule has 6 heteroatoms. The van der Waals surface area contributed by atoms with Crippen LogP contribution >= 0.6 is 38.9 Å². The van der Waals surface area contributed by atoms with E-state index >= 15 is 0 Å². The third kappa shape index (κ3) is 4.18. The Morgan fingerprint density at radius 1 is 1.50 bits per heavy atom. The van der Waals surface area contributed by atoms with Gasteiger partial charge in [0.1, 0.15) is 4.34 Å². The smallest absolute Gasteiger partial charge is 0.107 e. The molecule has 0 radical (unpaired) electrons. The summed E-state index contributed by atoms with van der Waals surface area (Å²) in [5.41, 5.74) is 6.01. The van der Waals surface area contributed by atoms with E-state index in [0.717, 1.165) is 27.8 Å². The van der Waals surface area contributed by atoms with Gasteiger partial charge in [0.15, 0.2) is 0 Å². The Labute approximate surface area is 139 Å². The zero-order chi connectivity index (χ0) is 14.7. The molecule has 0 aromatic carbocycles. The van der Waals surface area contributed by atoms with Crippen molar-refractivity contribution in [3.05, 3.63) is 19.8 Å². The van der Waals surface area contributed by atoms with Gasteiger partial charge in [-0.05, 0) is 67.9 Å². The van der Waals surface area contributed by atoms with Crippen molar-refractivity contribution in [3.8, 4) is 0 Å². The Bertz CT molecular complexity index is 411. The fourth-order valence-corrected chi connectivity index (χ4v) is 4.82. The van der Waals surface area contributed by atoms with Crippen molar-refractivity contribution >= 4 is 38.9 Å². The largest absolute Gasteiger partial charge is 0.329 e. The average Bonchev–Trinajstić information content (AvgIpc) is 2.72. The topological polar surface area (TPSA) is 32.5 Å². The average molecular weight is 381 g/mol. The highest BCUT2D eigenvalue weighted by molar-refractivity contribution is 9.10. The van der Waals surface area contributed by atoms with Gasteiger partial charge in [-0.25, -0.2) is 0 Å². The summed E-state index contributed by atoms with van der Waals surface area (Å²) >= 11 is 11.3. The number of thiophene rings is 1. The lowest BCUT2D eigenvalue weighted by Crippen LogP contribution is -2.41. The van der Waals surface area contributed by atoms with E-state index < -0.39 is 0 Å². The van der Waals surface area contributed by atoms with Crippen LogP contribution in [-0.2, 0) is 0 Å². The highest BCUT2D eigenvalue weighted by Gasteiger charge is 2.27. The van der Waals surface area contributed by atoms with Crippen LogP contribution in [0.5, 0.6) is 0 Å². The van der Waals surface area contributed by atoms with Crippen LogP contribution in [0, 0.1) is 5.92 Å². The first-order chi connectivity index (χ1) is 9.51. The Kier molecular flexibility index (Phi) is 6.32. The van der Waals surface area contributed by atoms with Crippen LogP contribution in [0.3, 0.4) is 0 Å². The number of nitrogens with zero attached hydrogens (tertiary/aromatic N) is 2. The van der Waals surface area contributed by atoms with Gasteiger partial charge in [-0.15, -0.1) is 11.3 Å². The molecule has 1 aromatic rings. The Morgan fingerprint density at radius 3 is 2.60 bits per heavy atom. The van der Waals surface area contributed by atoms with Gasteiger partial charge in [0.25, 0.3) is 0 Å². The maximum absolute atomic E-state index is 6.16. The van der Waals surface area contributed by atoms with Crippen molar-refractivity contribution in [2.45, 2.75) is 18.9 Å². The summed E-state index contributed by atoms with van der Waals surface area (Å²) in [6.07, 6.45) is 2.52. The molecule has 1 aliphatic rings. The summed E-state index contributed by atoms with van der Waals surface area (Å²) in [4.78, 5) is 6.08. The van der Waals surface area contributed by atoms with Gasteiger partial charge in [0.2, 0.25) is 0 Å². The molecule has 1 saturated heterocycles. The van der Waals surface area contributed by atoms with E-state index in [9.17, 15) is 0 Å². The second-order valence-corrected chi connectivity index (χ2v) is 8.30. The maximum atomic E-state index is 6.16. The van der Waals surface area contributed by atoms with Crippen LogP contribution in [0.15, 0.2) is 10.5 Å². The summed E-state index contributed by atoms with van der Waals surface area (Å²) in [5, 5.41) is 0. The van der Waals surface area contributed by atoms with Crippen LogP contribution in [-0.4, -0.2) is 50.1 Å². The molecule has 1 unspecified atom stereocenters. The summed E-state index contributed by atoms with van der Waals surface area (Å²) in [6, 6.07) is 2.43. The van der Waals surface area contributed by atoms with Gasteiger partial charge in [-0.1, -0.05) is 11.6 Å². The van der Waals surface area contributed by atoms with Crippen molar-refractivity contribution in [1.29, 1.82) is 0 Å². The van der Waals surface area contributed by atoms with Crippen LogP contribution in [0.1, 0.15) is 23.8 Å². The summed E-state index contributed by atoms with van der Waals surface area (Å²) < 4.78 is 1.81. The Morgan fingerprint density at radius 2 is 2.15 bits per heavy atom. The molecule has 2 N–H and O–H groups in total. The SMILES string of the molecule is CN(C)CC1CCN(C(CN)c2cc(Br)c(Cl)s2)CC1. The monoisotopic (exact) mass is 379 g/mol. The molecule has 0 spiro atoms. The standard InChI is InChI=1S/C14H23BrClN3S/c1-18(2)9-10-3-5-19(6-4-10)12(8-17)13-7-11(15)14(16)20-13/h7,10,12H,3-6,8-9,17H2,1-2H3. The molecule has 0 bridgehead atoms. The molecule has 1 aromatic heterocycles. The molecule has 0 saturated carbocycles.